The van der Waals surface area contributed by atoms with E-state index >= 15 is 0 Å². The van der Waals surface area contributed by atoms with Crippen LogP contribution in [-0.4, -0.2) is 17.1 Å². The molecule has 0 radical (unpaired) electrons. The Hall–Kier alpha value is -1.46. The average molecular weight is 268 g/mol. The largest absolute Gasteiger partial charge is 0.479 e. The van der Waals surface area contributed by atoms with Crippen LogP contribution in [0, 0.1) is 0 Å². The van der Waals surface area contributed by atoms with Crippen molar-refractivity contribution in [2.24, 2.45) is 0 Å². The first-order valence-electron chi connectivity index (χ1n) is 4.78. The second-order valence-corrected chi connectivity index (χ2v) is 4.66. The van der Waals surface area contributed by atoms with Gasteiger partial charge >= 0.3 is 0 Å². The Balaban J connectivity index is 2.27. The zero-order chi connectivity index (χ0) is 12.3. The molecule has 0 amide bonds. The molecule has 0 spiro atoms. The molecule has 0 atom stereocenters. The molecule has 0 aliphatic heterocycles. The summed E-state index contributed by atoms with van der Waals surface area (Å²) in [4.78, 5) is 9.04. The van der Waals surface area contributed by atoms with Gasteiger partial charge in [0.15, 0.2) is 0 Å². The Kier molecular flexibility index (Phi) is 3.71. The molecule has 1 aromatic carbocycles. The van der Waals surface area contributed by atoms with Gasteiger partial charge in [0.2, 0.25) is 5.88 Å². The third kappa shape index (κ3) is 2.81. The summed E-state index contributed by atoms with van der Waals surface area (Å²) in [5.74, 6) is 0.386. The zero-order valence-corrected chi connectivity index (χ0v) is 10.6. The first-order chi connectivity index (χ1) is 8.20. The summed E-state index contributed by atoms with van der Waals surface area (Å²) in [5.41, 5.74) is 6.31. The Morgan fingerprint density at radius 2 is 1.94 bits per heavy atom. The molecule has 88 valence electrons. The highest BCUT2D eigenvalue weighted by Crippen LogP contribution is 2.33. The van der Waals surface area contributed by atoms with Crippen LogP contribution in [0.15, 0.2) is 40.5 Å². The Labute approximate surface area is 108 Å². The smallest absolute Gasteiger partial charge is 0.241 e. The number of nitrogen functional groups attached to an aromatic ring is 1. The van der Waals surface area contributed by atoms with Crippen LogP contribution in [0.2, 0.25) is 5.02 Å². The molecular weight excluding hydrogens is 258 g/mol. The molecule has 1 aromatic heterocycles. The van der Waals surface area contributed by atoms with E-state index in [1.54, 1.807) is 0 Å². The summed E-state index contributed by atoms with van der Waals surface area (Å²) in [6, 6.07) is 7.44. The summed E-state index contributed by atoms with van der Waals surface area (Å²) in [6.45, 7) is 0. The van der Waals surface area contributed by atoms with E-state index in [0.717, 1.165) is 4.90 Å². The van der Waals surface area contributed by atoms with Gasteiger partial charge < -0.3 is 10.5 Å². The maximum atomic E-state index is 5.87. The lowest BCUT2D eigenvalue weighted by Crippen LogP contribution is -1.98. The minimum atomic E-state index is 0.386. The molecule has 2 rings (SSSR count). The maximum Gasteiger partial charge on any atom is 0.241 e. The number of benzene rings is 1. The number of rotatable bonds is 3. The second kappa shape index (κ2) is 5.25. The fourth-order valence-corrected chi connectivity index (χ4v) is 2.14. The van der Waals surface area contributed by atoms with Crippen LogP contribution in [0.25, 0.3) is 0 Å². The number of hydrogen-bond donors (Lipinski definition) is 1. The highest BCUT2D eigenvalue weighted by molar-refractivity contribution is 7.99. The van der Waals surface area contributed by atoms with E-state index in [0.29, 0.717) is 21.6 Å². The lowest BCUT2D eigenvalue weighted by atomic mass is 10.4. The van der Waals surface area contributed by atoms with Gasteiger partial charge in [0, 0.05) is 9.92 Å². The van der Waals surface area contributed by atoms with Crippen LogP contribution < -0.4 is 10.5 Å². The van der Waals surface area contributed by atoms with Crippen LogP contribution in [0.5, 0.6) is 5.88 Å². The number of halogens is 1. The molecule has 0 unspecified atom stereocenters. The fraction of sp³-hybridized carbons (Fsp3) is 0.0909. The number of ether oxygens (including phenoxy) is 1. The summed E-state index contributed by atoms with van der Waals surface area (Å²) in [5, 5.41) is 1.36. The van der Waals surface area contributed by atoms with Gasteiger partial charge in [-0.3, -0.25) is 0 Å². The SMILES string of the molecule is COc1ncnc(Sc2ccc(Cl)cc2)c1N. The number of nitrogens with two attached hydrogens (primary N) is 1. The predicted octanol–water partition coefficient (Wildman–Crippen LogP) is 2.87. The average Bonchev–Trinajstić information content (AvgIpc) is 2.35. The van der Waals surface area contributed by atoms with Crippen molar-refractivity contribution >= 4 is 29.1 Å². The Bertz CT molecular complexity index is 519. The zero-order valence-electron chi connectivity index (χ0n) is 9.05. The molecule has 0 saturated heterocycles. The highest BCUT2D eigenvalue weighted by atomic mass is 35.5. The van der Waals surface area contributed by atoms with E-state index in [2.05, 4.69) is 9.97 Å². The summed E-state index contributed by atoms with van der Waals surface area (Å²) in [6.07, 6.45) is 1.42. The van der Waals surface area contributed by atoms with Gasteiger partial charge in [-0.25, -0.2) is 4.98 Å². The third-order valence-corrected chi connectivity index (χ3v) is 3.31. The van der Waals surface area contributed by atoms with Crippen molar-refractivity contribution in [3.05, 3.63) is 35.6 Å². The maximum absolute atomic E-state index is 5.87. The number of nitrogens with zero attached hydrogens (tertiary/aromatic N) is 2. The van der Waals surface area contributed by atoms with E-state index in [9.17, 15) is 0 Å². The summed E-state index contributed by atoms with van der Waals surface area (Å²) >= 11 is 7.25. The molecular formula is C11H10ClN3OS. The van der Waals surface area contributed by atoms with Crippen molar-refractivity contribution in [1.82, 2.24) is 9.97 Å². The van der Waals surface area contributed by atoms with Crippen molar-refractivity contribution < 1.29 is 4.74 Å². The molecule has 0 aliphatic carbocycles. The standard InChI is InChI=1S/C11H10ClN3OS/c1-16-10-9(13)11(15-6-14-10)17-8-4-2-7(12)3-5-8/h2-6H,13H2,1H3. The van der Waals surface area contributed by atoms with E-state index in [1.807, 2.05) is 24.3 Å². The Morgan fingerprint density at radius 3 is 2.59 bits per heavy atom. The lowest BCUT2D eigenvalue weighted by Gasteiger charge is -2.07. The topological polar surface area (TPSA) is 61.0 Å². The van der Waals surface area contributed by atoms with Crippen LogP contribution in [0.3, 0.4) is 0 Å². The third-order valence-electron chi connectivity index (χ3n) is 2.03. The van der Waals surface area contributed by atoms with Crippen molar-refractivity contribution in [2.75, 3.05) is 12.8 Å². The summed E-state index contributed by atoms with van der Waals surface area (Å²) in [7, 11) is 1.52. The van der Waals surface area contributed by atoms with Crippen molar-refractivity contribution in [3.8, 4) is 5.88 Å². The molecule has 4 nitrogen and oxygen atoms in total. The molecule has 0 saturated carbocycles. The lowest BCUT2D eigenvalue weighted by molar-refractivity contribution is 0.397. The van der Waals surface area contributed by atoms with Gasteiger partial charge in [-0.15, -0.1) is 0 Å². The van der Waals surface area contributed by atoms with Gasteiger partial charge in [-0.2, -0.15) is 4.98 Å². The van der Waals surface area contributed by atoms with Gasteiger partial charge in [-0.1, -0.05) is 23.4 Å². The predicted molar refractivity (Wildman–Crippen MR) is 68.6 cm³/mol. The molecule has 0 aliphatic rings. The molecule has 17 heavy (non-hydrogen) atoms. The fourth-order valence-electron chi connectivity index (χ4n) is 1.22. The van der Waals surface area contributed by atoms with Gasteiger partial charge in [0.1, 0.15) is 17.0 Å². The monoisotopic (exact) mass is 267 g/mol. The number of methoxy groups -OCH3 is 1. The van der Waals surface area contributed by atoms with Gasteiger partial charge in [-0.05, 0) is 24.3 Å². The van der Waals surface area contributed by atoms with Crippen LogP contribution in [0.1, 0.15) is 0 Å². The van der Waals surface area contributed by atoms with Crippen molar-refractivity contribution in [1.29, 1.82) is 0 Å². The number of anilines is 1. The quantitative estimate of drug-likeness (QED) is 0.867. The minimum absolute atomic E-state index is 0.386. The van der Waals surface area contributed by atoms with Crippen molar-refractivity contribution in [3.63, 3.8) is 0 Å². The van der Waals surface area contributed by atoms with E-state index < -0.39 is 0 Å². The normalized spacial score (nSPS) is 10.2. The molecule has 1 heterocycles. The second-order valence-electron chi connectivity index (χ2n) is 3.16. The van der Waals surface area contributed by atoms with E-state index in [-0.39, 0.29) is 0 Å². The van der Waals surface area contributed by atoms with Gasteiger partial charge in [0.25, 0.3) is 0 Å². The molecule has 6 heteroatoms. The Morgan fingerprint density at radius 1 is 1.24 bits per heavy atom. The first kappa shape index (κ1) is 12.0. The first-order valence-corrected chi connectivity index (χ1v) is 5.98. The van der Waals surface area contributed by atoms with Gasteiger partial charge in [0.05, 0.1) is 7.11 Å². The van der Waals surface area contributed by atoms with E-state index in [4.69, 9.17) is 22.1 Å². The minimum Gasteiger partial charge on any atom is -0.479 e. The van der Waals surface area contributed by atoms with Crippen molar-refractivity contribution in [2.45, 2.75) is 9.92 Å². The highest BCUT2D eigenvalue weighted by Gasteiger charge is 2.09. The molecule has 2 N–H and O–H groups in total. The number of hydrogen-bond acceptors (Lipinski definition) is 5. The van der Waals surface area contributed by atoms with Crippen LogP contribution in [-0.2, 0) is 0 Å². The molecule has 0 fully saturated rings. The molecule has 0 bridgehead atoms. The number of aromatic nitrogens is 2. The van der Waals surface area contributed by atoms with Crippen LogP contribution in [0.4, 0.5) is 5.69 Å². The van der Waals surface area contributed by atoms with Crippen LogP contribution >= 0.6 is 23.4 Å². The van der Waals surface area contributed by atoms with E-state index in [1.165, 1.54) is 25.2 Å². The molecule has 2 aromatic rings. The summed E-state index contributed by atoms with van der Waals surface area (Å²) < 4.78 is 5.03.